The van der Waals surface area contributed by atoms with E-state index in [9.17, 15) is 10.3 Å². The Bertz CT molecular complexity index is 417. The number of aliphatic hydroxyl groups excluding tert-OH is 1. The molecule has 1 aliphatic heterocycles. The molecule has 1 N–H and O–H groups in total. The minimum atomic E-state index is -0.972. The van der Waals surface area contributed by atoms with E-state index in [4.69, 9.17) is 0 Å². The van der Waals surface area contributed by atoms with Crippen LogP contribution in [-0.4, -0.2) is 46.7 Å². The Balaban J connectivity index is 2.32. The van der Waals surface area contributed by atoms with E-state index in [1.165, 1.54) is 11.3 Å². The molecular weight excluding hydrogens is 240 g/mol. The number of β-amino-alcohol motifs (C(OH)–C–C–N with tert-alkyl or cyclic N) is 1. The number of likely N-dealkylation sites (N-methyl/N-ethyl adjacent to an activating group) is 1. The Labute approximate surface area is 105 Å². The monoisotopic (exact) mass is 258 g/mol. The first-order valence-electron chi connectivity index (χ1n) is 5.53. The maximum Gasteiger partial charge on any atom is 0.309 e. The van der Waals surface area contributed by atoms with Crippen molar-refractivity contribution in [2.45, 2.75) is 32.4 Å². The van der Waals surface area contributed by atoms with E-state index >= 15 is 0 Å². The van der Waals surface area contributed by atoms with Crippen molar-refractivity contribution >= 4 is 16.5 Å². The summed E-state index contributed by atoms with van der Waals surface area (Å²) in [6, 6.07) is 0. The van der Waals surface area contributed by atoms with E-state index in [0.717, 1.165) is 5.01 Å². The molecule has 0 aromatic carbocycles. The summed E-state index contributed by atoms with van der Waals surface area (Å²) in [4.78, 5) is 1.80. The summed E-state index contributed by atoms with van der Waals surface area (Å²) >= 11 is 1.29. The van der Waals surface area contributed by atoms with Gasteiger partial charge in [0.15, 0.2) is 0 Å². The lowest BCUT2D eigenvalue weighted by molar-refractivity contribution is 0.0844. The molecule has 0 aliphatic carbocycles. The molecule has 2 rings (SSSR count). The molecule has 1 aromatic rings. The van der Waals surface area contributed by atoms with Crippen molar-refractivity contribution in [3.05, 3.63) is 10.2 Å². The van der Waals surface area contributed by atoms with Crippen molar-refractivity contribution in [3.8, 4) is 0 Å². The lowest BCUT2D eigenvalue weighted by atomic mass is 9.98. The summed E-state index contributed by atoms with van der Waals surface area (Å²) in [6.45, 7) is 6.67. The largest absolute Gasteiger partial charge is 0.623 e. The van der Waals surface area contributed by atoms with Gasteiger partial charge in [0.05, 0.1) is 6.54 Å². The number of aliphatic hydroxyl groups is 1. The lowest BCUT2D eigenvalue weighted by Crippen LogP contribution is -2.48. The molecule has 0 spiro atoms. The van der Waals surface area contributed by atoms with Gasteiger partial charge in [-0.05, 0) is 18.4 Å². The van der Waals surface area contributed by atoms with Crippen LogP contribution in [0.4, 0.5) is 5.13 Å². The molecule has 6 nitrogen and oxygen atoms in total. The highest BCUT2D eigenvalue weighted by Gasteiger charge is 2.42. The van der Waals surface area contributed by atoms with Gasteiger partial charge in [-0.2, -0.15) is 0 Å². The second-order valence-electron chi connectivity index (χ2n) is 5.60. The molecular formula is C10H18N4O2S. The van der Waals surface area contributed by atoms with Gasteiger partial charge < -0.3 is 10.3 Å². The maximum absolute atomic E-state index is 12.5. The average Bonchev–Trinajstić information content (AvgIpc) is 2.72. The molecule has 1 aliphatic rings. The molecule has 0 radical (unpaired) electrons. The first-order chi connectivity index (χ1) is 7.73. The Morgan fingerprint density at radius 2 is 2.12 bits per heavy atom. The summed E-state index contributed by atoms with van der Waals surface area (Å²) in [5.74, 6) is 0. The molecule has 0 bridgehead atoms. The van der Waals surface area contributed by atoms with E-state index in [1.807, 2.05) is 27.8 Å². The van der Waals surface area contributed by atoms with Crippen LogP contribution < -0.4 is 4.65 Å². The van der Waals surface area contributed by atoms with Crippen LogP contribution in [0.15, 0.2) is 0 Å². The quantitative estimate of drug-likeness (QED) is 0.597. The molecule has 0 amide bonds. The van der Waals surface area contributed by atoms with Crippen LogP contribution in [0.3, 0.4) is 0 Å². The van der Waals surface area contributed by atoms with E-state index in [0.29, 0.717) is 11.7 Å². The van der Waals surface area contributed by atoms with Gasteiger partial charge in [-0.3, -0.25) is 9.55 Å². The van der Waals surface area contributed by atoms with Crippen LogP contribution in [0.2, 0.25) is 0 Å². The zero-order valence-electron chi connectivity index (χ0n) is 10.5. The number of hydrogen-bond acceptors (Lipinski definition) is 6. The minimum Gasteiger partial charge on any atom is -0.623 e. The second kappa shape index (κ2) is 3.96. The van der Waals surface area contributed by atoms with Gasteiger partial charge in [0.1, 0.15) is 11.7 Å². The first-order valence-corrected chi connectivity index (χ1v) is 6.35. The normalized spacial score (nSPS) is 31.1. The third-order valence-corrected chi connectivity index (χ3v) is 4.25. The second-order valence-corrected chi connectivity index (χ2v) is 6.55. The van der Waals surface area contributed by atoms with Gasteiger partial charge in [0.2, 0.25) is 6.23 Å². The van der Waals surface area contributed by atoms with Gasteiger partial charge >= 0.3 is 5.13 Å². The molecule has 7 heteroatoms. The Morgan fingerprint density at radius 3 is 2.53 bits per heavy atom. The third-order valence-electron chi connectivity index (χ3n) is 2.79. The van der Waals surface area contributed by atoms with Gasteiger partial charge in [-0.15, -0.1) is 5.10 Å². The van der Waals surface area contributed by atoms with E-state index in [1.54, 1.807) is 4.90 Å². The van der Waals surface area contributed by atoms with Gasteiger partial charge in [-0.1, -0.05) is 25.9 Å². The van der Waals surface area contributed by atoms with Crippen LogP contribution in [0.5, 0.6) is 0 Å². The van der Waals surface area contributed by atoms with Crippen LogP contribution in [0.1, 0.15) is 25.8 Å². The SMILES string of the molecule is CN1CC(O)[N+]([O-])(c2nnc(C(C)(C)C)s2)C1. The maximum atomic E-state index is 12.5. The summed E-state index contributed by atoms with van der Waals surface area (Å²) in [6.07, 6.45) is -0.972. The number of hydroxylamine groups is 2. The molecule has 1 fully saturated rings. The van der Waals surface area contributed by atoms with Crippen molar-refractivity contribution in [3.63, 3.8) is 0 Å². The van der Waals surface area contributed by atoms with Crippen LogP contribution in [0.25, 0.3) is 0 Å². The highest BCUT2D eigenvalue weighted by atomic mass is 32.1. The number of nitrogens with zero attached hydrogens (tertiary/aromatic N) is 4. The van der Waals surface area contributed by atoms with Crippen molar-refractivity contribution in [1.82, 2.24) is 19.7 Å². The van der Waals surface area contributed by atoms with Crippen molar-refractivity contribution in [2.24, 2.45) is 0 Å². The number of rotatable bonds is 1. The number of quaternary nitrogens is 1. The highest BCUT2D eigenvalue weighted by Crippen LogP contribution is 2.35. The Hall–Kier alpha value is -0.600. The van der Waals surface area contributed by atoms with Gasteiger partial charge in [0.25, 0.3) is 0 Å². The van der Waals surface area contributed by atoms with E-state index in [2.05, 4.69) is 10.2 Å². The third kappa shape index (κ3) is 2.21. The zero-order chi connectivity index (χ0) is 12.8. The lowest BCUT2D eigenvalue weighted by Gasteiger charge is -2.36. The molecule has 17 heavy (non-hydrogen) atoms. The smallest absolute Gasteiger partial charge is 0.309 e. The fraction of sp³-hybridized carbons (Fsp3) is 0.800. The summed E-state index contributed by atoms with van der Waals surface area (Å²) in [5, 5.41) is 31.6. The van der Waals surface area contributed by atoms with Crippen LogP contribution in [-0.2, 0) is 5.41 Å². The van der Waals surface area contributed by atoms with Crippen LogP contribution >= 0.6 is 11.3 Å². The fourth-order valence-corrected chi connectivity index (χ4v) is 2.76. The molecule has 0 saturated carbocycles. The molecule has 1 saturated heterocycles. The highest BCUT2D eigenvalue weighted by molar-refractivity contribution is 7.15. The Morgan fingerprint density at radius 1 is 1.47 bits per heavy atom. The first kappa shape index (κ1) is 12.8. The zero-order valence-corrected chi connectivity index (χ0v) is 11.4. The number of aromatic nitrogens is 2. The summed E-state index contributed by atoms with van der Waals surface area (Å²) < 4.78 is -0.801. The molecule has 1 aromatic heterocycles. The molecule has 2 unspecified atom stereocenters. The Kier molecular flexibility index (Phi) is 2.99. The van der Waals surface area contributed by atoms with Gasteiger partial charge in [-0.25, -0.2) is 0 Å². The van der Waals surface area contributed by atoms with E-state index in [-0.39, 0.29) is 12.1 Å². The van der Waals surface area contributed by atoms with Crippen LogP contribution in [0, 0.1) is 5.21 Å². The standard InChI is InChI=1S/C10H18N4O2S/c1-10(2,3)8-11-12-9(17-8)14(16)6-13(4)5-7(14)15/h7,15H,5-6H2,1-4H3. The minimum absolute atomic E-state index is 0.119. The van der Waals surface area contributed by atoms with Crippen molar-refractivity contribution in [2.75, 3.05) is 20.3 Å². The fourth-order valence-electron chi connectivity index (χ4n) is 1.78. The van der Waals surface area contributed by atoms with Gasteiger partial charge in [0, 0.05) is 5.41 Å². The number of hydrogen-bond donors (Lipinski definition) is 1. The molecule has 2 heterocycles. The van der Waals surface area contributed by atoms with Crippen molar-refractivity contribution in [1.29, 1.82) is 0 Å². The topological polar surface area (TPSA) is 72.3 Å². The van der Waals surface area contributed by atoms with Crippen molar-refractivity contribution < 1.29 is 5.11 Å². The predicted octanol–water partition coefficient (Wildman–Crippen LogP) is 0.862. The summed E-state index contributed by atoms with van der Waals surface area (Å²) in [7, 11) is 1.81. The molecule has 96 valence electrons. The predicted molar refractivity (Wildman–Crippen MR) is 67.3 cm³/mol. The molecule has 2 atom stereocenters. The average molecular weight is 258 g/mol. The van der Waals surface area contributed by atoms with E-state index < -0.39 is 10.9 Å². The summed E-state index contributed by atoms with van der Waals surface area (Å²) in [5.41, 5.74) is -0.119.